The van der Waals surface area contributed by atoms with Gasteiger partial charge in [0.1, 0.15) is 5.75 Å². The first-order chi connectivity index (χ1) is 10.2. The van der Waals surface area contributed by atoms with Crippen molar-refractivity contribution >= 4 is 0 Å². The van der Waals surface area contributed by atoms with E-state index in [0.717, 1.165) is 50.3 Å². The van der Waals surface area contributed by atoms with E-state index < -0.39 is 0 Å². The second-order valence-corrected chi connectivity index (χ2v) is 5.90. The Morgan fingerprint density at radius 1 is 1.43 bits per heavy atom. The average Bonchev–Trinajstić information content (AvgIpc) is 2.53. The highest BCUT2D eigenvalue weighted by atomic mass is 16.5. The lowest BCUT2D eigenvalue weighted by Crippen LogP contribution is -2.45. The molecule has 2 rings (SSSR count). The Hall–Kier alpha value is -1.17. The number of nitrogens with zero attached hydrogens (tertiary/aromatic N) is 2. The van der Waals surface area contributed by atoms with Crippen molar-refractivity contribution < 1.29 is 14.6 Å². The van der Waals surface area contributed by atoms with E-state index in [4.69, 9.17) is 9.47 Å². The van der Waals surface area contributed by atoms with Gasteiger partial charge in [0.05, 0.1) is 19.4 Å². The summed E-state index contributed by atoms with van der Waals surface area (Å²) < 4.78 is 10.4. The SMILES string of the molecule is COCCC1(CO)CCCN(Cc2cc(OC)ccn2)C1. The molecule has 0 bridgehead atoms. The van der Waals surface area contributed by atoms with Crippen molar-refractivity contribution in [1.29, 1.82) is 0 Å². The van der Waals surface area contributed by atoms with Gasteiger partial charge in [0, 0.05) is 44.5 Å². The average molecular weight is 294 g/mol. The molecule has 1 aliphatic heterocycles. The number of aliphatic hydroxyl groups is 1. The second-order valence-electron chi connectivity index (χ2n) is 5.90. The van der Waals surface area contributed by atoms with Gasteiger partial charge >= 0.3 is 0 Å². The van der Waals surface area contributed by atoms with Gasteiger partial charge in [-0.15, -0.1) is 0 Å². The molecule has 1 atom stereocenters. The van der Waals surface area contributed by atoms with Crippen LogP contribution >= 0.6 is 0 Å². The van der Waals surface area contributed by atoms with Gasteiger partial charge in [-0.2, -0.15) is 0 Å². The standard InChI is InChI=1S/C16H26N2O3/c1-20-9-6-16(13-19)5-3-8-18(12-16)11-14-10-15(21-2)4-7-17-14/h4,7,10,19H,3,5-6,8-9,11-13H2,1-2H3. The number of aliphatic hydroxyl groups excluding tert-OH is 1. The summed E-state index contributed by atoms with van der Waals surface area (Å²) in [4.78, 5) is 6.78. The summed E-state index contributed by atoms with van der Waals surface area (Å²) in [5, 5.41) is 9.82. The largest absolute Gasteiger partial charge is 0.497 e. The zero-order valence-corrected chi connectivity index (χ0v) is 13.0. The van der Waals surface area contributed by atoms with Gasteiger partial charge in [-0.05, 0) is 31.9 Å². The van der Waals surface area contributed by atoms with E-state index in [1.807, 2.05) is 12.1 Å². The monoisotopic (exact) mass is 294 g/mol. The van der Waals surface area contributed by atoms with E-state index in [0.29, 0.717) is 6.61 Å². The minimum Gasteiger partial charge on any atom is -0.497 e. The van der Waals surface area contributed by atoms with Crippen LogP contribution in [-0.2, 0) is 11.3 Å². The van der Waals surface area contributed by atoms with E-state index in [1.54, 1.807) is 20.4 Å². The molecule has 0 spiro atoms. The zero-order valence-electron chi connectivity index (χ0n) is 13.0. The highest BCUT2D eigenvalue weighted by molar-refractivity contribution is 5.22. The molecule has 1 N–H and O–H groups in total. The molecule has 118 valence electrons. The van der Waals surface area contributed by atoms with Crippen LogP contribution in [0.4, 0.5) is 0 Å². The summed E-state index contributed by atoms with van der Waals surface area (Å²) in [5.74, 6) is 0.838. The third-order valence-corrected chi connectivity index (χ3v) is 4.32. The molecule has 1 unspecified atom stereocenters. The summed E-state index contributed by atoms with van der Waals surface area (Å²) in [6, 6.07) is 3.83. The number of aromatic nitrogens is 1. The quantitative estimate of drug-likeness (QED) is 0.829. The van der Waals surface area contributed by atoms with Crippen molar-refractivity contribution in [3.8, 4) is 5.75 Å². The van der Waals surface area contributed by atoms with Crippen molar-refractivity contribution in [1.82, 2.24) is 9.88 Å². The molecule has 2 heterocycles. The fourth-order valence-corrected chi connectivity index (χ4v) is 3.07. The summed E-state index contributed by atoms with van der Waals surface area (Å²) in [6.07, 6.45) is 4.85. The molecular weight excluding hydrogens is 268 g/mol. The fraction of sp³-hybridized carbons (Fsp3) is 0.688. The predicted molar refractivity (Wildman–Crippen MR) is 81.3 cm³/mol. The van der Waals surface area contributed by atoms with Gasteiger partial charge in [-0.3, -0.25) is 9.88 Å². The number of ether oxygens (including phenoxy) is 2. The summed E-state index contributed by atoms with van der Waals surface area (Å²) >= 11 is 0. The maximum absolute atomic E-state index is 9.82. The van der Waals surface area contributed by atoms with E-state index >= 15 is 0 Å². The topological polar surface area (TPSA) is 54.8 Å². The maximum atomic E-state index is 9.82. The molecule has 0 aromatic carbocycles. The highest BCUT2D eigenvalue weighted by Gasteiger charge is 2.34. The Balaban J connectivity index is 1.99. The van der Waals surface area contributed by atoms with Crippen LogP contribution in [0.15, 0.2) is 18.3 Å². The Labute approximate surface area is 126 Å². The number of rotatable bonds is 7. The van der Waals surface area contributed by atoms with Crippen LogP contribution in [0.3, 0.4) is 0 Å². The molecule has 1 aromatic heterocycles. The molecule has 0 radical (unpaired) electrons. The smallest absolute Gasteiger partial charge is 0.122 e. The molecule has 5 nitrogen and oxygen atoms in total. The first-order valence-corrected chi connectivity index (χ1v) is 7.52. The van der Waals surface area contributed by atoms with Crippen molar-refractivity contribution in [2.45, 2.75) is 25.8 Å². The van der Waals surface area contributed by atoms with Crippen LogP contribution in [0.1, 0.15) is 25.0 Å². The third-order valence-electron chi connectivity index (χ3n) is 4.32. The molecular formula is C16H26N2O3. The van der Waals surface area contributed by atoms with Gasteiger partial charge in [0.2, 0.25) is 0 Å². The third kappa shape index (κ3) is 4.40. The lowest BCUT2D eigenvalue weighted by atomic mass is 9.78. The van der Waals surface area contributed by atoms with Crippen molar-refractivity contribution in [2.24, 2.45) is 5.41 Å². The van der Waals surface area contributed by atoms with Crippen molar-refractivity contribution in [3.63, 3.8) is 0 Å². The molecule has 0 amide bonds. The van der Waals surface area contributed by atoms with Crippen molar-refractivity contribution in [3.05, 3.63) is 24.0 Å². The second kappa shape index (κ2) is 7.73. The van der Waals surface area contributed by atoms with Gasteiger partial charge in [0.25, 0.3) is 0 Å². The van der Waals surface area contributed by atoms with Gasteiger partial charge in [-0.1, -0.05) is 0 Å². The van der Waals surface area contributed by atoms with E-state index in [1.165, 1.54) is 0 Å². The minimum atomic E-state index is -0.0346. The normalized spacial score (nSPS) is 23.2. The van der Waals surface area contributed by atoms with E-state index in [2.05, 4.69) is 9.88 Å². The lowest BCUT2D eigenvalue weighted by molar-refractivity contribution is 0.00436. The van der Waals surface area contributed by atoms with E-state index in [9.17, 15) is 5.11 Å². The fourth-order valence-electron chi connectivity index (χ4n) is 3.07. The molecule has 5 heteroatoms. The van der Waals surface area contributed by atoms with Crippen LogP contribution in [0.2, 0.25) is 0 Å². The molecule has 0 aliphatic carbocycles. The Morgan fingerprint density at radius 3 is 3.00 bits per heavy atom. The molecule has 21 heavy (non-hydrogen) atoms. The Bertz CT molecular complexity index is 441. The summed E-state index contributed by atoms with van der Waals surface area (Å²) in [6.45, 7) is 3.66. The number of hydrogen-bond acceptors (Lipinski definition) is 5. The zero-order chi connectivity index (χ0) is 15.1. The molecule has 1 saturated heterocycles. The minimum absolute atomic E-state index is 0.0346. The Kier molecular flexibility index (Phi) is 5.96. The van der Waals surface area contributed by atoms with Crippen LogP contribution < -0.4 is 4.74 Å². The Morgan fingerprint density at radius 2 is 2.29 bits per heavy atom. The lowest BCUT2D eigenvalue weighted by Gasteiger charge is -2.41. The predicted octanol–water partition coefficient (Wildman–Crippen LogP) is 1.70. The summed E-state index contributed by atoms with van der Waals surface area (Å²) in [5.41, 5.74) is 0.975. The highest BCUT2D eigenvalue weighted by Crippen LogP contribution is 2.33. The molecule has 1 fully saturated rings. The van der Waals surface area contributed by atoms with Crippen LogP contribution in [0.25, 0.3) is 0 Å². The number of piperidine rings is 1. The molecule has 1 aliphatic rings. The van der Waals surface area contributed by atoms with Gasteiger partial charge in [-0.25, -0.2) is 0 Å². The van der Waals surface area contributed by atoms with Crippen LogP contribution in [0.5, 0.6) is 5.75 Å². The van der Waals surface area contributed by atoms with Crippen LogP contribution in [-0.4, -0.2) is 55.5 Å². The molecule has 1 aromatic rings. The number of pyridine rings is 1. The first kappa shape index (κ1) is 16.2. The van der Waals surface area contributed by atoms with Crippen LogP contribution in [0, 0.1) is 5.41 Å². The number of hydrogen-bond donors (Lipinski definition) is 1. The number of likely N-dealkylation sites (tertiary alicyclic amines) is 1. The van der Waals surface area contributed by atoms with E-state index in [-0.39, 0.29) is 12.0 Å². The van der Waals surface area contributed by atoms with Gasteiger partial charge in [0.15, 0.2) is 0 Å². The summed E-state index contributed by atoms with van der Waals surface area (Å²) in [7, 11) is 3.38. The maximum Gasteiger partial charge on any atom is 0.122 e. The van der Waals surface area contributed by atoms with Crippen molar-refractivity contribution in [2.75, 3.05) is 40.5 Å². The first-order valence-electron chi connectivity index (χ1n) is 7.52. The van der Waals surface area contributed by atoms with Gasteiger partial charge < -0.3 is 14.6 Å². The molecule has 0 saturated carbocycles. The number of methoxy groups -OCH3 is 2.